The first kappa shape index (κ1) is 20.3. The van der Waals surface area contributed by atoms with Gasteiger partial charge in [0.2, 0.25) is 0 Å². The Hall–Kier alpha value is -3.65. The summed E-state index contributed by atoms with van der Waals surface area (Å²) in [6, 6.07) is 20.8. The highest BCUT2D eigenvalue weighted by Crippen LogP contribution is 2.20. The van der Waals surface area contributed by atoms with Gasteiger partial charge in [0.05, 0.1) is 0 Å². The first-order valence-corrected chi connectivity index (χ1v) is 10.9. The molecule has 0 aliphatic carbocycles. The zero-order valence-electron chi connectivity index (χ0n) is 17.4. The van der Waals surface area contributed by atoms with Crippen molar-refractivity contribution >= 4 is 34.8 Å². The molecule has 2 aromatic heterocycles. The highest BCUT2D eigenvalue weighted by Gasteiger charge is 2.21. The zero-order chi connectivity index (χ0) is 21.9. The van der Waals surface area contributed by atoms with E-state index in [-0.39, 0.29) is 6.03 Å². The van der Waals surface area contributed by atoms with Gasteiger partial charge in [-0.25, -0.2) is 4.79 Å². The third-order valence-electron chi connectivity index (χ3n) is 5.48. The Morgan fingerprint density at radius 1 is 0.875 bits per heavy atom. The van der Waals surface area contributed by atoms with Gasteiger partial charge in [-0.05, 0) is 42.8 Å². The molecule has 0 unspecified atom stereocenters. The summed E-state index contributed by atoms with van der Waals surface area (Å²) in [6.45, 7) is 2.79. The van der Waals surface area contributed by atoms with Crippen molar-refractivity contribution in [2.75, 3.05) is 36.4 Å². The Morgan fingerprint density at radius 2 is 1.69 bits per heavy atom. The third-order valence-corrected chi connectivity index (χ3v) is 5.74. The molecule has 0 saturated carbocycles. The minimum Gasteiger partial charge on any atom is -0.353 e. The SMILES string of the molecule is O=C(Nc1ccc(Cl)cc1)N1CCCN(c2ccc3nnc(-c4ccccc4)n3n2)CC1. The van der Waals surface area contributed by atoms with Crippen LogP contribution in [0.3, 0.4) is 0 Å². The van der Waals surface area contributed by atoms with E-state index in [9.17, 15) is 4.79 Å². The van der Waals surface area contributed by atoms with Crippen molar-refractivity contribution in [3.8, 4) is 11.4 Å². The molecule has 1 N–H and O–H groups in total. The lowest BCUT2D eigenvalue weighted by Crippen LogP contribution is -2.38. The van der Waals surface area contributed by atoms with E-state index in [0.717, 1.165) is 30.0 Å². The average molecular weight is 448 g/mol. The predicted molar refractivity (Wildman–Crippen MR) is 125 cm³/mol. The normalized spacial score (nSPS) is 14.4. The van der Waals surface area contributed by atoms with Gasteiger partial charge in [0.15, 0.2) is 11.5 Å². The molecule has 8 nitrogen and oxygen atoms in total. The summed E-state index contributed by atoms with van der Waals surface area (Å²) in [7, 11) is 0. The van der Waals surface area contributed by atoms with Crippen LogP contribution in [-0.2, 0) is 0 Å². The van der Waals surface area contributed by atoms with Gasteiger partial charge in [-0.15, -0.1) is 15.3 Å². The molecule has 0 bridgehead atoms. The zero-order valence-corrected chi connectivity index (χ0v) is 18.1. The summed E-state index contributed by atoms with van der Waals surface area (Å²) >= 11 is 5.92. The third kappa shape index (κ3) is 4.22. The Labute approximate surface area is 190 Å². The highest BCUT2D eigenvalue weighted by atomic mass is 35.5. The number of urea groups is 1. The number of fused-ring (bicyclic) bond motifs is 1. The van der Waals surface area contributed by atoms with Crippen LogP contribution >= 0.6 is 11.6 Å². The van der Waals surface area contributed by atoms with E-state index < -0.39 is 0 Å². The van der Waals surface area contributed by atoms with Gasteiger partial charge in [0, 0.05) is 42.5 Å². The van der Waals surface area contributed by atoms with Crippen LogP contribution < -0.4 is 10.2 Å². The standard InChI is InChI=1S/C23H22ClN7O/c24-18-7-9-19(10-8-18)25-23(32)30-14-4-13-29(15-16-30)21-12-11-20-26-27-22(31(20)28-21)17-5-2-1-3-6-17/h1-3,5-12H,4,13-16H2,(H,25,32). The summed E-state index contributed by atoms with van der Waals surface area (Å²) in [5.74, 6) is 1.55. The van der Waals surface area contributed by atoms with Gasteiger partial charge in [0.25, 0.3) is 0 Å². The van der Waals surface area contributed by atoms with Gasteiger partial charge < -0.3 is 15.1 Å². The molecule has 162 valence electrons. The van der Waals surface area contributed by atoms with Crippen LogP contribution in [0.2, 0.25) is 5.02 Å². The number of nitrogens with zero attached hydrogens (tertiary/aromatic N) is 6. The quantitative estimate of drug-likeness (QED) is 0.509. The largest absolute Gasteiger partial charge is 0.353 e. The number of benzene rings is 2. The topological polar surface area (TPSA) is 78.7 Å². The number of amides is 2. The van der Waals surface area contributed by atoms with E-state index in [4.69, 9.17) is 16.7 Å². The van der Waals surface area contributed by atoms with Crippen molar-refractivity contribution in [3.63, 3.8) is 0 Å². The fraction of sp³-hybridized carbons (Fsp3) is 0.217. The molecular formula is C23H22ClN7O. The van der Waals surface area contributed by atoms with E-state index in [1.165, 1.54) is 0 Å². The Morgan fingerprint density at radius 3 is 2.50 bits per heavy atom. The maximum absolute atomic E-state index is 12.7. The minimum absolute atomic E-state index is 0.109. The van der Waals surface area contributed by atoms with Crippen LogP contribution in [0.15, 0.2) is 66.7 Å². The lowest BCUT2D eigenvalue weighted by atomic mass is 10.2. The number of carbonyl (C=O) groups excluding carboxylic acids is 1. The van der Waals surface area contributed by atoms with Crippen LogP contribution in [0.5, 0.6) is 0 Å². The van der Waals surface area contributed by atoms with Gasteiger partial charge in [-0.3, -0.25) is 0 Å². The number of hydrogen-bond donors (Lipinski definition) is 1. The number of aromatic nitrogens is 4. The van der Waals surface area contributed by atoms with E-state index in [1.54, 1.807) is 28.8 Å². The predicted octanol–water partition coefficient (Wildman–Crippen LogP) is 4.19. The lowest BCUT2D eigenvalue weighted by Gasteiger charge is -2.23. The van der Waals surface area contributed by atoms with Crippen LogP contribution in [0.1, 0.15) is 6.42 Å². The lowest BCUT2D eigenvalue weighted by molar-refractivity contribution is 0.215. The number of nitrogens with one attached hydrogen (secondary N) is 1. The average Bonchev–Trinajstić information content (AvgIpc) is 3.08. The molecule has 4 aromatic rings. The van der Waals surface area contributed by atoms with E-state index in [1.807, 2.05) is 47.4 Å². The van der Waals surface area contributed by atoms with Crippen LogP contribution in [0, 0.1) is 0 Å². The molecule has 1 aliphatic heterocycles. The van der Waals surface area contributed by atoms with Crippen LogP contribution in [-0.4, -0.2) is 56.9 Å². The molecule has 2 aromatic carbocycles. The van der Waals surface area contributed by atoms with Crippen LogP contribution in [0.4, 0.5) is 16.3 Å². The van der Waals surface area contributed by atoms with Gasteiger partial charge in [-0.2, -0.15) is 4.52 Å². The molecule has 5 rings (SSSR count). The summed E-state index contributed by atoms with van der Waals surface area (Å²) < 4.78 is 1.78. The Kier molecular flexibility index (Phi) is 5.60. The molecular weight excluding hydrogens is 426 g/mol. The molecule has 1 saturated heterocycles. The molecule has 1 fully saturated rings. The van der Waals surface area contributed by atoms with E-state index >= 15 is 0 Å². The Balaban J connectivity index is 1.31. The van der Waals surface area contributed by atoms with Crippen molar-refractivity contribution in [2.45, 2.75) is 6.42 Å². The fourth-order valence-electron chi connectivity index (χ4n) is 3.80. The van der Waals surface area contributed by atoms with Crippen molar-refractivity contribution in [3.05, 3.63) is 71.8 Å². The highest BCUT2D eigenvalue weighted by molar-refractivity contribution is 6.30. The van der Waals surface area contributed by atoms with Gasteiger partial charge in [-0.1, -0.05) is 41.9 Å². The number of anilines is 2. The van der Waals surface area contributed by atoms with Gasteiger partial charge >= 0.3 is 6.03 Å². The molecule has 2 amide bonds. The first-order chi connectivity index (χ1) is 15.7. The molecule has 32 heavy (non-hydrogen) atoms. The molecule has 0 atom stereocenters. The maximum atomic E-state index is 12.7. The second-order valence-electron chi connectivity index (χ2n) is 7.62. The van der Waals surface area contributed by atoms with Crippen LogP contribution in [0.25, 0.3) is 17.0 Å². The monoisotopic (exact) mass is 447 g/mol. The Bertz CT molecular complexity index is 1230. The molecule has 0 radical (unpaired) electrons. The second kappa shape index (κ2) is 8.84. The summed E-state index contributed by atoms with van der Waals surface area (Å²) in [5, 5.41) is 16.9. The molecule has 9 heteroatoms. The minimum atomic E-state index is -0.109. The van der Waals surface area contributed by atoms with E-state index in [2.05, 4.69) is 20.4 Å². The number of hydrogen-bond acceptors (Lipinski definition) is 5. The van der Waals surface area contributed by atoms with Gasteiger partial charge in [0.1, 0.15) is 5.82 Å². The molecule has 3 heterocycles. The van der Waals surface area contributed by atoms with Crippen molar-refractivity contribution in [1.82, 2.24) is 24.7 Å². The number of rotatable bonds is 3. The molecule has 0 spiro atoms. The number of halogens is 1. The van der Waals surface area contributed by atoms with E-state index in [0.29, 0.717) is 36.1 Å². The van der Waals surface area contributed by atoms with Crippen molar-refractivity contribution in [2.24, 2.45) is 0 Å². The summed E-state index contributed by atoms with van der Waals surface area (Å²) in [6.07, 6.45) is 0.849. The molecule has 1 aliphatic rings. The summed E-state index contributed by atoms with van der Waals surface area (Å²) in [4.78, 5) is 16.7. The van der Waals surface area contributed by atoms with Crippen molar-refractivity contribution < 1.29 is 4.79 Å². The maximum Gasteiger partial charge on any atom is 0.321 e. The van der Waals surface area contributed by atoms with Crippen molar-refractivity contribution in [1.29, 1.82) is 0 Å². The first-order valence-electron chi connectivity index (χ1n) is 10.5. The second-order valence-corrected chi connectivity index (χ2v) is 8.05. The fourth-order valence-corrected chi connectivity index (χ4v) is 3.93. The number of carbonyl (C=O) groups is 1. The summed E-state index contributed by atoms with van der Waals surface area (Å²) in [5.41, 5.74) is 2.39. The smallest absolute Gasteiger partial charge is 0.321 e.